The molecule has 4 aromatic rings. The normalized spacial score (nSPS) is 11.0. The molecular weight excluding hydrogens is 456 g/mol. The Kier molecular flexibility index (Phi) is 5.90. The Hall–Kier alpha value is -3.02. The van der Waals surface area contributed by atoms with Gasteiger partial charge in [0.25, 0.3) is 11.2 Å². The van der Waals surface area contributed by atoms with Crippen LogP contribution in [0.4, 0.5) is 11.4 Å². The lowest BCUT2D eigenvalue weighted by Crippen LogP contribution is -2.21. The summed E-state index contributed by atoms with van der Waals surface area (Å²) in [4.78, 5) is 42.0. The average Bonchev–Trinajstić information content (AvgIpc) is 3.40. The fourth-order valence-electron chi connectivity index (χ4n) is 3.01. The lowest BCUT2D eigenvalue weighted by molar-refractivity contribution is -0.384. The molecule has 158 valence electrons. The van der Waals surface area contributed by atoms with Crippen molar-refractivity contribution in [2.45, 2.75) is 12.1 Å². The van der Waals surface area contributed by atoms with Crippen molar-refractivity contribution >= 4 is 61.9 Å². The number of carbonyl (C=O) groups is 1. The van der Waals surface area contributed by atoms with Crippen LogP contribution in [0.1, 0.15) is 5.56 Å². The molecule has 0 radical (unpaired) electrons. The highest BCUT2D eigenvalue weighted by Gasteiger charge is 2.17. The SMILES string of the molecule is Cc1cc([N+](=O)[O-])ccc1NC(=O)CSc1nc2scc(-c3cccs3)c2c(=O)n1C. The smallest absolute Gasteiger partial charge is 0.269 e. The Labute approximate surface area is 188 Å². The van der Waals surface area contributed by atoms with E-state index in [0.717, 1.165) is 22.2 Å². The number of rotatable bonds is 6. The molecule has 1 N–H and O–H groups in total. The number of aromatic nitrogens is 2. The first-order chi connectivity index (χ1) is 14.8. The third kappa shape index (κ3) is 4.24. The monoisotopic (exact) mass is 472 g/mol. The third-order valence-electron chi connectivity index (χ3n) is 4.59. The van der Waals surface area contributed by atoms with Crippen molar-refractivity contribution in [3.05, 3.63) is 67.1 Å². The minimum Gasteiger partial charge on any atom is -0.325 e. The number of aryl methyl sites for hydroxylation is 1. The summed E-state index contributed by atoms with van der Waals surface area (Å²) in [5.41, 5.74) is 1.80. The van der Waals surface area contributed by atoms with Gasteiger partial charge in [-0.25, -0.2) is 4.98 Å². The molecule has 0 fully saturated rings. The quantitative estimate of drug-likeness (QED) is 0.189. The zero-order valence-corrected chi connectivity index (χ0v) is 18.9. The summed E-state index contributed by atoms with van der Waals surface area (Å²) in [6.07, 6.45) is 0. The molecule has 3 heterocycles. The molecule has 0 unspecified atom stereocenters. The van der Waals surface area contributed by atoms with E-state index in [4.69, 9.17) is 0 Å². The number of thiophene rings is 2. The molecule has 11 heteroatoms. The first kappa shape index (κ1) is 21.2. The number of carbonyl (C=O) groups excluding carboxylic acids is 1. The number of anilines is 1. The maximum absolute atomic E-state index is 13.0. The summed E-state index contributed by atoms with van der Waals surface area (Å²) in [6.45, 7) is 1.69. The summed E-state index contributed by atoms with van der Waals surface area (Å²) in [5.74, 6) is -0.243. The zero-order chi connectivity index (χ0) is 22.1. The van der Waals surface area contributed by atoms with Gasteiger partial charge in [-0.2, -0.15) is 0 Å². The molecule has 31 heavy (non-hydrogen) atoms. The topological polar surface area (TPSA) is 107 Å². The fourth-order valence-corrected chi connectivity index (χ4v) is 5.59. The van der Waals surface area contributed by atoms with E-state index >= 15 is 0 Å². The van der Waals surface area contributed by atoms with Crippen LogP contribution in [0.3, 0.4) is 0 Å². The van der Waals surface area contributed by atoms with E-state index < -0.39 is 4.92 Å². The van der Waals surface area contributed by atoms with E-state index in [1.54, 1.807) is 25.3 Å². The van der Waals surface area contributed by atoms with E-state index in [-0.39, 0.29) is 22.9 Å². The molecule has 0 bridgehead atoms. The van der Waals surface area contributed by atoms with Gasteiger partial charge in [0.15, 0.2) is 5.16 Å². The lowest BCUT2D eigenvalue weighted by Gasteiger charge is -2.10. The number of hydrogen-bond acceptors (Lipinski definition) is 8. The Morgan fingerprint density at radius 1 is 1.32 bits per heavy atom. The Balaban J connectivity index is 1.52. The second kappa shape index (κ2) is 8.61. The molecule has 8 nitrogen and oxygen atoms in total. The number of nitro benzene ring substituents is 1. The molecule has 0 spiro atoms. The van der Waals surface area contributed by atoms with Crippen LogP contribution in [0.2, 0.25) is 0 Å². The van der Waals surface area contributed by atoms with Gasteiger partial charge in [-0.15, -0.1) is 22.7 Å². The minimum atomic E-state index is -0.481. The fraction of sp³-hybridized carbons (Fsp3) is 0.150. The molecule has 0 saturated carbocycles. The number of benzene rings is 1. The number of fused-ring (bicyclic) bond motifs is 1. The number of nitro groups is 1. The van der Waals surface area contributed by atoms with Crippen LogP contribution in [0.15, 0.2) is 51.0 Å². The number of thioether (sulfide) groups is 1. The van der Waals surface area contributed by atoms with E-state index in [1.165, 1.54) is 34.1 Å². The number of hydrogen-bond donors (Lipinski definition) is 1. The molecule has 0 atom stereocenters. The van der Waals surface area contributed by atoms with Gasteiger partial charge >= 0.3 is 0 Å². The first-order valence-corrected chi connectivity index (χ1v) is 11.8. The minimum absolute atomic E-state index is 0.0322. The summed E-state index contributed by atoms with van der Waals surface area (Å²) in [7, 11) is 1.64. The van der Waals surface area contributed by atoms with Gasteiger partial charge < -0.3 is 5.32 Å². The van der Waals surface area contributed by atoms with Gasteiger partial charge in [0.2, 0.25) is 5.91 Å². The van der Waals surface area contributed by atoms with Gasteiger partial charge in [-0.3, -0.25) is 24.3 Å². The van der Waals surface area contributed by atoms with Crippen molar-refractivity contribution in [3.8, 4) is 10.4 Å². The van der Waals surface area contributed by atoms with E-state index in [0.29, 0.717) is 26.6 Å². The van der Waals surface area contributed by atoms with Crippen molar-refractivity contribution in [1.29, 1.82) is 0 Å². The molecule has 0 aliphatic rings. The molecular formula is C20H16N4O4S3. The highest BCUT2D eigenvalue weighted by molar-refractivity contribution is 7.99. The van der Waals surface area contributed by atoms with Crippen molar-refractivity contribution in [3.63, 3.8) is 0 Å². The largest absolute Gasteiger partial charge is 0.325 e. The van der Waals surface area contributed by atoms with Gasteiger partial charge in [0.05, 0.1) is 16.1 Å². The van der Waals surface area contributed by atoms with Crippen molar-refractivity contribution in [2.75, 3.05) is 11.1 Å². The first-order valence-electron chi connectivity index (χ1n) is 9.05. The van der Waals surface area contributed by atoms with Gasteiger partial charge in [-0.1, -0.05) is 17.8 Å². The summed E-state index contributed by atoms with van der Waals surface area (Å²) >= 11 is 4.14. The second-order valence-electron chi connectivity index (χ2n) is 6.66. The summed E-state index contributed by atoms with van der Waals surface area (Å²) < 4.78 is 1.46. The predicted molar refractivity (Wildman–Crippen MR) is 125 cm³/mol. The second-order valence-corrected chi connectivity index (χ2v) is 9.41. The molecule has 4 rings (SSSR count). The maximum Gasteiger partial charge on any atom is 0.269 e. The average molecular weight is 473 g/mol. The number of nitrogens with zero attached hydrogens (tertiary/aromatic N) is 3. The van der Waals surface area contributed by atoms with Gasteiger partial charge in [0, 0.05) is 40.7 Å². The van der Waals surface area contributed by atoms with Crippen molar-refractivity contribution in [2.24, 2.45) is 7.05 Å². The highest BCUT2D eigenvalue weighted by Crippen LogP contribution is 2.34. The van der Waals surface area contributed by atoms with Gasteiger partial charge in [0.1, 0.15) is 4.83 Å². The van der Waals surface area contributed by atoms with Crippen LogP contribution < -0.4 is 10.9 Å². The molecule has 1 aromatic carbocycles. The predicted octanol–water partition coefficient (Wildman–Crippen LogP) is 4.67. The molecule has 0 aliphatic heterocycles. The molecule has 0 saturated heterocycles. The van der Waals surface area contributed by atoms with E-state index in [9.17, 15) is 19.7 Å². The number of nitrogens with one attached hydrogen (secondary N) is 1. The van der Waals surface area contributed by atoms with E-state index in [2.05, 4.69) is 10.3 Å². The van der Waals surface area contributed by atoms with Crippen LogP contribution in [0.5, 0.6) is 0 Å². The molecule has 1 amide bonds. The Morgan fingerprint density at radius 3 is 2.81 bits per heavy atom. The summed E-state index contributed by atoms with van der Waals surface area (Å²) in [6, 6.07) is 8.17. The summed E-state index contributed by atoms with van der Waals surface area (Å²) in [5, 5.41) is 18.5. The third-order valence-corrected chi connectivity index (χ3v) is 7.39. The standard InChI is InChI=1S/C20H16N4O4S3/c1-11-8-12(24(27)28)5-6-14(11)21-16(25)10-31-20-22-18-17(19(26)23(20)2)13(9-30-18)15-4-3-7-29-15/h3-9H,10H2,1-2H3,(H,21,25). The number of amides is 1. The molecule has 3 aromatic heterocycles. The lowest BCUT2D eigenvalue weighted by atomic mass is 10.2. The highest BCUT2D eigenvalue weighted by atomic mass is 32.2. The Morgan fingerprint density at radius 2 is 2.13 bits per heavy atom. The maximum atomic E-state index is 13.0. The molecule has 0 aliphatic carbocycles. The van der Waals surface area contributed by atoms with Gasteiger partial charge in [-0.05, 0) is 30.0 Å². The van der Waals surface area contributed by atoms with Crippen molar-refractivity contribution in [1.82, 2.24) is 9.55 Å². The van der Waals surface area contributed by atoms with Crippen LogP contribution in [0, 0.1) is 17.0 Å². The zero-order valence-electron chi connectivity index (χ0n) is 16.4. The van der Waals surface area contributed by atoms with E-state index in [1.807, 2.05) is 22.9 Å². The van der Waals surface area contributed by atoms with Crippen LogP contribution in [-0.2, 0) is 11.8 Å². The van der Waals surface area contributed by atoms with Crippen LogP contribution in [-0.4, -0.2) is 26.1 Å². The Bertz CT molecular complexity index is 1360. The van der Waals surface area contributed by atoms with Crippen LogP contribution in [0.25, 0.3) is 20.7 Å². The number of non-ortho nitro benzene ring substituents is 1. The van der Waals surface area contributed by atoms with Crippen LogP contribution >= 0.6 is 34.4 Å². The van der Waals surface area contributed by atoms with Crippen molar-refractivity contribution < 1.29 is 9.72 Å².